The van der Waals surface area contributed by atoms with Gasteiger partial charge in [0, 0.05) is 12.6 Å². The first-order chi connectivity index (χ1) is 8.03. The van der Waals surface area contributed by atoms with Gasteiger partial charge in [0.15, 0.2) is 9.84 Å². The van der Waals surface area contributed by atoms with Crippen molar-refractivity contribution in [3.05, 3.63) is 0 Å². The van der Waals surface area contributed by atoms with Crippen LogP contribution in [0.2, 0.25) is 0 Å². The largest absolute Gasteiger partial charge is 0.351 e. The minimum atomic E-state index is -3.23. The van der Waals surface area contributed by atoms with Crippen LogP contribution in [-0.4, -0.2) is 45.0 Å². The number of hydrogen-bond donors (Lipinski definition) is 2. The molecule has 0 aromatic heterocycles. The third kappa shape index (κ3) is 7.18. The third-order valence-corrected chi connectivity index (χ3v) is 4.45. The van der Waals surface area contributed by atoms with E-state index in [1.165, 1.54) is 0 Å². The Labute approximate surface area is 115 Å². The molecule has 2 N–H and O–H groups in total. The van der Waals surface area contributed by atoms with Crippen molar-refractivity contribution in [2.24, 2.45) is 0 Å². The van der Waals surface area contributed by atoms with E-state index in [-0.39, 0.29) is 35.9 Å². The van der Waals surface area contributed by atoms with Gasteiger partial charge in [0.05, 0.1) is 5.75 Å². The molecule has 0 bridgehead atoms. The number of carbonyl (C=O) groups excluding carboxylic acids is 1. The molecule has 7 heteroatoms. The average Bonchev–Trinajstić information content (AvgIpc) is 2.69. The molecule has 0 radical (unpaired) electrons. The Bertz CT molecular complexity index is 340. The highest BCUT2D eigenvalue weighted by atomic mass is 35.5. The predicted octanol–water partition coefficient (Wildman–Crippen LogP) is 0.491. The lowest BCUT2D eigenvalue weighted by atomic mass is 10.3. The van der Waals surface area contributed by atoms with Gasteiger partial charge in [-0.05, 0) is 19.4 Å². The lowest BCUT2D eigenvalue weighted by Gasteiger charge is -2.11. The van der Waals surface area contributed by atoms with Crippen molar-refractivity contribution in [2.45, 2.75) is 38.6 Å². The molecule has 108 valence electrons. The van der Waals surface area contributed by atoms with Crippen molar-refractivity contribution in [1.82, 2.24) is 10.6 Å². The molecule has 0 aliphatic carbocycles. The van der Waals surface area contributed by atoms with E-state index in [0.29, 0.717) is 6.42 Å². The molecule has 1 aliphatic heterocycles. The quantitative estimate of drug-likeness (QED) is 0.671. The summed E-state index contributed by atoms with van der Waals surface area (Å²) < 4.78 is 23.2. The van der Waals surface area contributed by atoms with Crippen LogP contribution >= 0.6 is 12.4 Å². The summed E-state index contributed by atoms with van der Waals surface area (Å²) in [6.07, 6.45) is 3.40. The molecule has 1 aliphatic rings. The first-order valence-corrected chi connectivity index (χ1v) is 8.06. The van der Waals surface area contributed by atoms with E-state index in [4.69, 9.17) is 0 Å². The van der Waals surface area contributed by atoms with Crippen LogP contribution in [-0.2, 0) is 14.6 Å². The predicted molar refractivity (Wildman–Crippen MR) is 74.8 cm³/mol. The molecule has 1 saturated heterocycles. The molecule has 1 unspecified atom stereocenters. The molecule has 5 nitrogen and oxygen atoms in total. The van der Waals surface area contributed by atoms with Crippen molar-refractivity contribution in [1.29, 1.82) is 0 Å². The van der Waals surface area contributed by atoms with E-state index in [2.05, 4.69) is 10.6 Å². The van der Waals surface area contributed by atoms with Gasteiger partial charge in [0.1, 0.15) is 5.75 Å². The fourth-order valence-corrected chi connectivity index (χ4v) is 3.16. The second kappa shape index (κ2) is 8.72. The van der Waals surface area contributed by atoms with Crippen molar-refractivity contribution in [3.8, 4) is 0 Å². The smallest absolute Gasteiger partial charge is 0.235 e. The minimum absolute atomic E-state index is 0. The summed E-state index contributed by atoms with van der Waals surface area (Å²) in [6, 6.07) is 0.0911. The zero-order valence-corrected chi connectivity index (χ0v) is 12.4. The fourth-order valence-electron chi connectivity index (χ4n) is 1.89. The summed E-state index contributed by atoms with van der Waals surface area (Å²) in [4.78, 5) is 11.5. The Morgan fingerprint density at radius 3 is 2.67 bits per heavy atom. The Morgan fingerprint density at radius 1 is 1.39 bits per heavy atom. The van der Waals surface area contributed by atoms with Crippen LogP contribution in [0.15, 0.2) is 0 Å². The normalized spacial score (nSPS) is 19.3. The van der Waals surface area contributed by atoms with Crippen LogP contribution in [0.4, 0.5) is 0 Å². The molecule has 1 rings (SSSR count). The second-order valence-corrected chi connectivity index (χ2v) is 6.74. The molecule has 0 saturated carbocycles. The zero-order chi connectivity index (χ0) is 12.7. The Hall–Kier alpha value is -0.330. The number of hydrogen-bond acceptors (Lipinski definition) is 4. The topological polar surface area (TPSA) is 75.3 Å². The number of halogens is 1. The molecule has 1 atom stereocenters. The highest BCUT2D eigenvalue weighted by Crippen LogP contribution is 2.01. The van der Waals surface area contributed by atoms with Crippen molar-refractivity contribution in [2.75, 3.05) is 24.6 Å². The lowest BCUT2D eigenvalue weighted by Crippen LogP contribution is -2.40. The molecular weight excluding hydrogens is 276 g/mol. The van der Waals surface area contributed by atoms with Gasteiger partial charge in [-0.25, -0.2) is 8.42 Å². The summed E-state index contributed by atoms with van der Waals surface area (Å²) in [6.45, 7) is 3.64. The number of carbonyl (C=O) groups is 1. The van der Waals surface area contributed by atoms with Gasteiger partial charge in [0.2, 0.25) is 5.91 Å². The summed E-state index contributed by atoms with van der Waals surface area (Å²) in [5.41, 5.74) is 0. The van der Waals surface area contributed by atoms with E-state index in [1.807, 2.05) is 6.92 Å². The standard InChI is InChI=1S/C11H22N2O3S.ClH/c1-2-3-4-7-17(15,16)9-11(14)13-10-5-6-12-8-10;/h10,12H,2-9H2,1H3,(H,13,14);1H. The summed E-state index contributed by atoms with van der Waals surface area (Å²) >= 11 is 0. The first kappa shape index (κ1) is 17.7. The maximum atomic E-state index is 11.6. The lowest BCUT2D eigenvalue weighted by molar-refractivity contribution is -0.119. The van der Waals surface area contributed by atoms with Gasteiger partial charge >= 0.3 is 0 Å². The van der Waals surface area contributed by atoms with Gasteiger partial charge in [-0.1, -0.05) is 19.8 Å². The van der Waals surface area contributed by atoms with E-state index < -0.39 is 9.84 Å². The van der Waals surface area contributed by atoms with E-state index >= 15 is 0 Å². The van der Waals surface area contributed by atoms with Gasteiger partial charge < -0.3 is 10.6 Å². The monoisotopic (exact) mass is 298 g/mol. The van der Waals surface area contributed by atoms with E-state index in [1.54, 1.807) is 0 Å². The Morgan fingerprint density at radius 2 is 2.11 bits per heavy atom. The second-order valence-electron chi connectivity index (χ2n) is 4.56. The van der Waals surface area contributed by atoms with Crippen LogP contribution < -0.4 is 10.6 Å². The highest BCUT2D eigenvalue weighted by Gasteiger charge is 2.20. The maximum Gasteiger partial charge on any atom is 0.235 e. The summed E-state index contributed by atoms with van der Waals surface area (Å²) in [7, 11) is -3.23. The molecule has 18 heavy (non-hydrogen) atoms. The SMILES string of the molecule is CCCCCS(=O)(=O)CC(=O)NC1CCNC1.Cl. The van der Waals surface area contributed by atoms with Gasteiger partial charge in [-0.2, -0.15) is 0 Å². The number of unbranched alkanes of at least 4 members (excludes halogenated alkanes) is 2. The first-order valence-electron chi connectivity index (χ1n) is 6.24. The van der Waals surface area contributed by atoms with E-state index in [9.17, 15) is 13.2 Å². The summed E-state index contributed by atoms with van der Waals surface area (Å²) in [5.74, 6) is -0.611. The third-order valence-electron chi connectivity index (χ3n) is 2.84. The number of amides is 1. The van der Waals surface area contributed by atoms with Crippen molar-refractivity contribution < 1.29 is 13.2 Å². The average molecular weight is 299 g/mol. The molecule has 1 amide bonds. The zero-order valence-electron chi connectivity index (χ0n) is 10.8. The molecule has 0 aromatic carbocycles. The molecule has 0 spiro atoms. The fraction of sp³-hybridized carbons (Fsp3) is 0.909. The minimum Gasteiger partial charge on any atom is -0.351 e. The molecular formula is C11H23ClN2O3S. The van der Waals surface area contributed by atoms with Gasteiger partial charge in [0.25, 0.3) is 0 Å². The Balaban J connectivity index is 0.00000289. The summed E-state index contributed by atoms with van der Waals surface area (Å²) in [5, 5.41) is 5.86. The number of rotatable bonds is 7. The van der Waals surface area contributed by atoms with Gasteiger partial charge in [-0.15, -0.1) is 12.4 Å². The van der Waals surface area contributed by atoms with Gasteiger partial charge in [-0.3, -0.25) is 4.79 Å². The van der Waals surface area contributed by atoms with Crippen LogP contribution in [0.5, 0.6) is 0 Å². The van der Waals surface area contributed by atoms with E-state index in [0.717, 1.165) is 32.4 Å². The highest BCUT2D eigenvalue weighted by molar-refractivity contribution is 7.92. The van der Waals surface area contributed by atoms with Crippen LogP contribution in [0.3, 0.4) is 0 Å². The molecule has 0 aromatic rings. The molecule has 1 heterocycles. The number of sulfone groups is 1. The maximum absolute atomic E-state index is 11.6. The van der Waals surface area contributed by atoms with Crippen molar-refractivity contribution >= 4 is 28.2 Å². The molecule has 1 fully saturated rings. The van der Waals surface area contributed by atoms with Crippen molar-refractivity contribution in [3.63, 3.8) is 0 Å². The van der Waals surface area contributed by atoms with Crippen LogP contribution in [0.1, 0.15) is 32.6 Å². The van der Waals surface area contributed by atoms with Crippen LogP contribution in [0.25, 0.3) is 0 Å². The van der Waals surface area contributed by atoms with Crippen LogP contribution in [0, 0.1) is 0 Å². The Kier molecular flexibility index (Phi) is 8.56. The number of nitrogens with one attached hydrogen (secondary N) is 2.